The highest BCUT2D eigenvalue weighted by molar-refractivity contribution is 9.10. The molecule has 0 unspecified atom stereocenters. The summed E-state index contributed by atoms with van der Waals surface area (Å²) in [5.41, 5.74) is -0.970. The molecular formula is C8H3BrF2N2O. The van der Waals surface area contributed by atoms with E-state index in [4.69, 9.17) is 0 Å². The Bertz CT molecular complexity index is 567. The molecule has 0 aliphatic heterocycles. The number of nitrogens with one attached hydrogen (secondary N) is 1. The third-order valence-corrected chi connectivity index (χ3v) is 2.34. The summed E-state index contributed by atoms with van der Waals surface area (Å²) in [5.74, 6) is -1.55. The van der Waals surface area contributed by atoms with Gasteiger partial charge in [0, 0.05) is 0 Å². The Balaban J connectivity index is 3.11. The smallest absolute Gasteiger partial charge is 0.261 e. The maximum absolute atomic E-state index is 13.4. The molecule has 6 heteroatoms. The average molecular weight is 261 g/mol. The highest BCUT2D eigenvalue weighted by Crippen LogP contribution is 2.23. The van der Waals surface area contributed by atoms with E-state index < -0.39 is 17.2 Å². The van der Waals surface area contributed by atoms with Crippen LogP contribution in [-0.2, 0) is 0 Å². The molecule has 1 aromatic heterocycles. The zero-order chi connectivity index (χ0) is 10.3. The van der Waals surface area contributed by atoms with Crippen molar-refractivity contribution in [3.05, 3.63) is 38.9 Å². The largest absolute Gasteiger partial charge is 0.313 e. The summed E-state index contributed by atoms with van der Waals surface area (Å²) in [7, 11) is 0. The van der Waals surface area contributed by atoms with Crippen molar-refractivity contribution in [2.24, 2.45) is 0 Å². The van der Waals surface area contributed by atoms with Crippen LogP contribution in [0, 0.1) is 11.6 Å². The van der Waals surface area contributed by atoms with Gasteiger partial charge in [0.15, 0.2) is 11.6 Å². The van der Waals surface area contributed by atoms with Gasteiger partial charge < -0.3 is 4.98 Å². The fraction of sp³-hybridized carbons (Fsp3) is 0. The van der Waals surface area contributed by atoms with E-state index in [1.165, 1.54) is 0 Å². The SMILES string of the molecule is O=c1[nH]cnc2c(F)cc(Br)c(F)c12. The average Bonchev–Trinajstić information content (AvgIpc) is 2.14. The molecule has 0 saturated heterocycles. The van der Waals surface area contributed by atoms with Crippen molar-refractivity contribution in [3.8, 4) is 0 Å². The van der Waals surface area contributed by atoms with Crippen LogP contribution >= 0.6 is 15.9 Å². The minimum absolute atomic E-state index is 0.0963. The molecule has 14 heavy (non-hydrogen) atoms. The molecule has 3 nitrogen and oxygen atoms in total. The number of halogens is 3. The predicted molar refractivity (Wildman–Crippen MR) is 50.0 cm³/mol. The van der Waals surface area contributed by atoms with E-state index in [0.717, 1.165) is 12.4 Å². The summed E-state index contributed by atoms with van der Waals surface area (Å²) in [5, 5.41) is -0.376. The van der Waals surface area contributed by atoms with E-state index in [1.807, 2.05) is 0 Å². The first-order chi connectivity index (χ1) is 6.61. The van der Waals surface area contributed by atoms with Gasteiger partial charge in [-0.25, -0.2) is 13.8 Å². The summed E-state index contributed by atoms with van der Waals surface area (Å²) in [4.78, 5) is 16.9. The first kappa shape index (κ1) is 9.26. The van der Waals surface area contributed by atoms with Crippen LogP contribution in [0.5, 0.6) is 0 Å². The number of aromatic nitrogens is 2. The number of H-pyrrole nitrogens is 1. The number of benzene rings is 1. The third kappa shape index (κ3) is 1.22. The topological polar surface area (TPSA) is 45.8 Å². The Kier molecular flexibility index (Phi) is 2.07. The summed E-state index contributed by atoms with van der Waals surface area (Å²) < 4.78 is 26.5. The number of hydrogen-bond acceptors (Lipinski definition) is 2. The van der Waals surface area contributed by atoms with E-state index in [9.17, 15) is 13.6 Å². The number of hydrogen-bond donors (Lipinski definition) is 1. The van der Waals surface area contributed by atoms with E-state index in [-0.39, 0.29) is 15.4 Å². The highest BCUT2D eigenvalue weighted by atomic mass is 79.9. The molecular weight excluding hydrogens is 258 g/mol. The number of fused-ring (bicyclic) bond motifs is 1. The van der Waals surface area contributed by atoms with Crippen molar-refractivity contribution in [2.75, 3.05) is 0 Å². The lowest BCUT2D eigenvalue weighted by molar-refractivity contribution is 0.608. The lowest BCUT2D eigenvalue weighted by Gasteiger charge is -2.00. The van der Waals surface area contributed by atoms with Crippen molar-refractivity contribution < 1.29 is 8.78 Å². The predicted octanol–water partition coefficient (Wildman–Crippen LogP) is 1.96. The zero-order valence-electron chi connectivity index (χ0n) is 6.64. The second kappa shape index (κ2) is 3.13. The van der Waals surface area contributed by atoms with Gasteiger partial charge in [-0.1, -0.05) is 0 Å². The second-order valence-corrected chi connectivity index (χ2v) is 3.46. The van der Waals surface area contributed by atoms with Crippen molar-refractivity contribution in [1.29, 1.82) is 0 Å². The molecule has 2 rings (SSSR count). The first-order valence-electron chi connectivity index (χ1n) is 3.62. The van der Waals surface area contributed by atoms with Gasteiger partial charge in [0.1, 0.15) is 10.9 Å². The monoisotopic (exact) mass is 260 g/mol. The van der Waals surface area contributed by atoms with Crippen LogP contribution in [0.15, 0.2) is 21.7 Å². The zero-order valence-corrected chi connectivity index (χ0v) is 8.23. The molecule has 0 aliphatic carbocycles. The van der Waals surface area contributed by atoms with Gasteiger partial charge >= 0.3 is 0 Å². The minimum Gasteiger partial charge on any atom is -0.313 e. The summed E-state index contributed by atoms with van der Waals surface area (Å²) in [6.07, 6.45) is 1.03. The highest BCUT2D eigenvalue weighted by Gasteiger charge is 2.14. The van der Waals surface area contributed by atoms with E-state index in [0.29, 0.717) is 0 Å². The molecule has 0 fully saturated rings. The van der Waals surface area contributed by atoms with Gasteiger partial charge in [0.2, 0.25) is 0 Å². The van der Waals surface area contributed by atoms with E-state index >= 15 is 0 Å². The van der Waals surface area contributed by atoms with Crippen LogP contribution in [0.4, 0.5) is 8.78 Å². The van der Waals surface area contributed by atoms with Crippen LogP contribution in [0.2, 0.25) is 0 Å². The Morgan fingerprint density at radius 1 is 1.43 bits per heavy atom. The Morgan fingerprint density at radius 3 is 2.86 bits per heavy atom. The molecule has 0 atom stereocenters. The fourth-order valence-corrected chi connectivity index (χ4v) is 1.55. The molecule has 0 spiro atoms. The molecule has 0 amide bonds. The minimum atomic E-state index is -0.809. The van der Waals surface area contributed by atoms with Gasteiger partial charge in [0.25, 0.3) is 5.56 Å². The molecule has 1 aromatic carbocycles. The number of aromatic amines is 1. The van der Waals surface area contributed by atoms with Crippen LogP contribution in [0.25, 0.3) is 10.9 Å². The second-order valence-electron chi connectivity index (χ2n) is 2.61. The van der Waals surface area contributed by atoms with Gasteiger partial charge in [-0.05, 0) is 22.0 Å². The Labute approximate surface area is 84.9 Å². The van der Waals surface area contributed by atoms with Gasteiger partial charge in [-0.2, -0.15) is 0 Å². The summed E-state index contributed by atoms with van der Waals surface area (Å²) in [6, 6.07) is 0.935. The standard InChI is InChI=1S/C8H3BrF2N2O/c9-3-1-4(10)7-5(6(3)11)8(14)13-2-12-7/h1-2H,(H,12,13,14). The number of nitrogens with zero attached hydrogens (tertiary/aromatic N) is 1. The quantitative estimate of drug-likeness (QED) is 0.737. The van der Waals surface area contributed by atoms with E-state index in [2.05, 4.69) is 25.9 Å². The third-order valence-electron chi connectivity index (χ3n) is 1.76. The maximum Gasteiger partial charge on any atom is 0.261 e. The van der Waals surface area contributed by atoms with Crippen LogP contribution in [0.1, 0.15) is 0 Å². The van der Waals surface area contributed by atoms with Gasteiger partial charge in [-0.15, -0.1) is 0 Å². The van der Waals surface area contributed by atoms with Crippen LogP contribution < -0.4 is 5.56 Å². The summed E-state index contributed by atoms with van der Waals surface area (Å²) in [6.45, 7) is 0. The number of rotatable bonds is 0. The van der Waals surface area contributed by atoms with E-state index in [1.54, 1.807) is 0 Å². The first-order valence-corrected chi connectivity index (χ1v) is 4.41. The molecule has 0 saturated carbocycles. The van der Waals surface area contributed by atoms with Crippen molar-refractivity contribution in [1.82, 2.24) is 9.97 Å². The lowest BCUT2D eigenvalue weighted by Crippen LogP contribution is -2.09. The molecule has 0 aliphatic rings. The molecule has 1 heterocycles. The fourth-order valence-electron chi connectivity index (χ4n) is 1.15. The van der Waals surface area contributed by atoms with Crippen LogP contribution in [-0.4, -0.2) is 9.97 Å². The Hall–Kier alpha value is -1.30. The van der Waals surface area contributed by atoms with Gasteiger partial charge in [-0.3, -0.25) is 4.79 Å². The van der Waals surface area contributed by atoms with Crippen LogP contribution in [0.3, 0.4) is 0 Å². The molecule has 1 N–H and O–H groups in total. The molecule has 72 valence electrons. The van der Waals surface area contributed by atoms with Gasteiger partial charge in [0.05, 0.1) is 10.8 Å². The van der Waals surface area contributed by atoms with Crippen molar-refractivity contribution >= 4 is 26.8 Å². The molecule has 0 bridgehead atoms. The molecule has 2 aromatic rings. The lowest BCUT2D eigenvalue weighted by atomic mass is 10.2. The maximum atomic E-state index is 13.4. The van der Waals surface area contributed by atoms with Crippen molar-refractivity contribution in [2.45, 2.75) is 0 Å². The normalized spacial score (nSPS) is 10.8. The Morgan fingerprint density at radius 2 is 2.14 bits per heavy atom. The van der Waals surface area contributed by atoms with Crippen molar-refractivity contribution in [3.63, 3.8) is 0 Å². The molecule has 0 radical (unpaired) electrons. The summed E-state index contributed by atoms with van der Waals surface area (Å²) >= 11 is 2.81.